The standard InChI is InChI=1S/C17H19N3O4/c1-11-18-16(24-19-11)14-3-2-8-20(10-14)15(21)9-12-4-6-13(7-5-12)17(22)23/h4-7,14H,2-3,8-10H2,1H3,(H,22,23). The summed E-state index contributed by atoms with van der Waals surface area (Å²) in [6.07, 6.45) is 2.09. The van der Waals surface area contributed by atoms with Crippen LogP contribution < -0.4 is 0 Å². The minimum absolute atomic E-state index is 0.0269. The Balaban J connectivity index is 1.63. The van der Waals surface area contributed by atoms with Crippen LogP contribution in [0.1, 0.15) is 46.4 Å². The maximum atomic E-state index is 12.5. The summed E-state index contributed by atoms with van der Waals surface area (Å²) < 4.78 is 5.23. The van der Waals surface area contributed by atoms with E-state index in [2.05, 4.69) is 10.1 Å². The first-order valence-electron chi connectivity index (χ1n) is 7.93. The Labute approximate surface area is 139 Å². The van der Waals surface area contributed by atoms with E-state index in [-0.39, 0.29) is 23.8 Å². The van der Waals surface area contributed by atoms with E-state index in [1.807, 2.05) is 4.90 Å². The number of amides is 1. The molecule has 1 N–H and O–H groups in total. The molecule has 3 rings (SSSR count). The second-order valence-electron chi connectivity index (χ2n) is 6.04. The lowest BCUT2D eigenvalue weighted by atomic mass is 9.97. The molecular weight excluding hydrogens is 310 g/mol. The van der Waals surface area contributed by atoms with E-state index in [0.717, 1.165) is 24.9 Å². The van der Waals surface area contributed by atoms with Crippen molar-refractivity contribution in [1.82, 2.24) is 15.0 Å². The number of carbonyl (C=O) groups excluding carboxylic acids is 1. The van der Waals surface area contributed by atoms with Gasteiger partial charge in [0.05, 0.1) is 17.9 Å². The smallest absolute Gasteiger partial charge is 0.335 e. The van der Waals surface area contributed by atoms with Crippen molar-refractivity contribution in [1.29, 1.82) is 0 Å². The molecule has 0 bridgehead atoms. The number of aromatic nitrogens is 2. The summed E-state index contributed by atoms with van der Waals surface area (Å²) in [6, 6.07) is 6.41. The Hall–Kier alpha value is -2.70. The van der Waals surface area contributed by atoms with Gasteiger partial charge < -0.3 is 14.5 Å². The lowest BCUT2D eigenvalue weighted by Crippen LogP contribution is -2.40. The number of aromatic carboxylic acids is 1. The molecule has 1 unspecified atom stereocenters. The van der Waals surface area contributed by atoms with E-state index in [1.165, 1.54) is 12.1 Å². The van der Waals surface area contributed by atoms with Crippen LogP contribution in [0.3, 0.4) is 0 Å². The molecule has 1 saturated heterocycles. The third-order valence-electron chi connectivity index (χ3n) is 4.22. The van der Waals surface area contributed by atoms with E-state index in [4.69, 9.17) is 9.63 Å². The molecule has 1 fully saturated rings. The van der Waals surface area contributed by atoms with Crippen molar-refractivity contribution in [2.24, 2.45) is 0 Å². The van der Waals surface area contributed by atoms with Crippen LogP contribution in [0.2, 0.25) is 0 Å². The highest BCUT2D eigenvalue weighted by Crippen LogP contribution is 2.26. The number of hydrogen-bond acceptors (Lipinski definition) is 5. The molecule has 2 aromatic rings. The number of carboxylic acids is 1. The zero-order valence-electron chi connectivity index (χ0n) is 13.4. The fourth-order valence-electron chi connectivity index (χ4n) is 2.94. The Morgan fingerprint density at radius 1 is 1.33 bits per heavy atom. The van der Waals surface area contributed by atoms with Crippen molar-refractivity contribution in [2.75, 3.05) is 13.1 Å². The monoisotopic (exact) mass is 329 g/mol. The summed E-state index contributed by atoms with van der Waals surface area (Å²) in [5, 5.41) is 12.7. The molecule has 1 aromatic heterocycles. The topological polar surface area (TPSA) is 96.5 Å². The van der Waals surface area contributed by atoms with Gasteiger partial charge in [-0.25, -0.2) is 4.79 Å². The van der Waals surface area contributed by atoms with Crippen LogP contribution in [0.5, 0.6) is 0 Å². The maximum absolute atomic E-state index is 12.5. The van der Waals surface area contributed by atoms with Crippen LogP contribution in [-0.2, 0) is 11.2 Å². The van der Waals surface area contributed by atoms with Crippen molar-refractivity contribution >= 4 is 11.9 Å². The number of piperidine rings is 1. The average molecular weight is 329 g/mol. The van der Waals surface area contributed by atoms with Crippen LogP contribution in [0.15, 0.2) is 28.8 Å². The van der Waals surface area contributed by atoms with Gasteiger partial charge in [-0.3, -0.25) is 4.79 Å². The van der Waals surface area contributed by atoms with Gasteiger partial charge in [0, 0.05) is 13.1 Å². The predicted octanol–water partition coefficient (Wildman–Crippen LogP) is 2.02. The normalized spacial score (nSPS) is 17.7. The number of benzene rings is 1. The van der Waals surface area contributed by atoms with Gasteiger partial charge >= 0.3 is 5.97 Å². The van der Waals surface area contributed by atoms with Crippen molar-refractivity contribution in [2.45, 2.75) is 32.1 Å². The fraction of sp³-hybridized carbons (Fsp3) is 0.412. The second kappa shape index (κ2) is 6.82. The molecule has 24 heavy (non-hydrogen) atoms. The molecule has 0 saturated carbocycles. The molecule has 126 valence electrons. The number of nitrogens with zero attached hydrogens (tertiary/aromatic N) is 3. The maximum Gasteiger partial charge on any atom is 0.335 e. The highest BCUT2D eigenvalue weighted by Gasteiger charge is 2.28. The first-order valence-corrected chi connectivity index (χ1v) is 7.93. The average Bonchev–Trinajstić information content (AvgIpc) is 3.02. The highest BCUT2D eigenvalue weighted by atomic mass is 16.5. The molecule has 1 amide bonds. The minimum Gasteiger partial charge on any atom is -0.478 e. The minimum atomic E-state index is -0.971. The lowest BCUT2D eigenvalue weighted by Gasteiger charge is -2.31. The van der Waals surface area contributed by atoms with E-state index in [0.29, 0.717) is 18.3 Å². The van der Waals surface area contributed by atoms with Gasteiger partial charge in [-0.05, 0) is 37.5 Å². The SMILES string of the molecule is Cc1noc(C2CCCN(C(=O)Cc3ccc(C(=O)O)cc3)C2)n1. The molecular formula is C17H19N3O4. The Morgan fingerprint density at radius 2 is 2.08 bits per heavy atom. The van der Waals surface area contributed by atoms with Crippen molar-refractivity contribution in [3.05, 3.63) is 47.1 Å². The molecule has 7 nitrogen and oxygen atoms in total. The van der Waals surface area contributed by atoms with Crippen molar-refractivity contribution in [3.63, 3.8) is 0 Å². The van der Waals surface area contributed by atoms with Crippen LogP contribution in [0.4, 0.5) is 0 Å². The van der Waals surface area contributed by atoms with Gasteiger partial charge in [0.25, 0.3) is 0 Å². The lowest BCUT2D eigenvalue weighted by molar-refractivity contribution is -0.131. The summed E-state index contributed by atoms with van der Waals surface area (Å²) in [5.74, 6) is 0.335. The Bertz CT molecular complexity index is 739. The van der Waals surface area contributed by atoms with Crippen LogP contribution >= 0.6 is 0 Å². The van der Waals surface area contributed by atoms with Gasteiger partial charge in [0.2, 0.25) is 11.8 Å². The quantitative estimate of drug-likeness (QED) is 0.922. The van der Waals surface area contributed by atoms with Gasteiger partial charge in [0.15, 0.2) is 5.82 Å². The Morgan fingerprint density at radius 3 is 2.71 bits per heavy atom. The molecule has 0 aliphatic carbocycles. The number of hydrogen-bond donors (Lipinski definition) is 1. The summed E-state index contributed by atoms with van der Waals surface area (Å²) in [7, 11) is 0. The van der Waals surface area contributed by atoms with Crippen molar-refractivity contribution in [3.8, 4) is 0 Å². The predicted molar refractivity (Wildman–Crippen MR) is 84.7 cm³/mol. The third-order valence-corrected chi connectivity index (χ3v) is 4.22. The van der Waals surface area contributed by atoms with E-state index in [9.17, 15) is 9.59 Å². The van der Waals surface area contributed by atoms with Gasteiger partial charge in [0.1, 0.15) is 0 Å². The zero-order chi connectivity index (χ0) is 17.1. The van der Waals surface area contributed by atoms with Gasteiger partial charge in [-0.1, -0.05) is 17.3 Å². The van der Waals surface area contributed by atoms with Crippen molar-refractivity contribution < 1.29 is 19.2 Å². The molecule has 0 radical (unpaired) electrons. The molecule has 1 aromatic carbocycles. The van der Waals surface area contributed by atoms with Gasteiger partial charge in [-0.15, -0.1) is 0 Å². The summed E-state index contributed by atoms with van der Waals surface area (Å²) >= 11 is 0. The zero-order valence-corrected chi connectivity index (χ0v) is 13.4. The summed E-state index contributed by atoms with van der Waals surface area (Å²) in [6.45, 7) is 3.07. The number of likely N-dealkylation sites (tertiary alicyclic amines) is 1. The largest absolute Gasteiger partial charge is 0.478 e. The summed E-state index contributed by atoms with van der Waals surface area (Å²) in [5.41, 5.74) is 1.02. The molecule has 1 atom stereocenters. The number of aryl methyl sites for hydroxylation is 1. The van der Waals surface area contributed by atoms with Gasteiger partial charge in [-0.2, -0.15) is 4.98 Å². The van der Waals surface area contributed by atoms with E-state index >= 15 is 0 Å². The number of carboxylic acid groups (broad SMARTS) is 1. The van der Waals surface area contributed by atoms with Crippen LogP contribution in [0, 0.1) is 6.92 Å². The second-order valence-corrected chi connectivity index (χ2v) is 6.04. The third kappa shape index (κ3) is 3.61. The fourth-order valence-corrected chi connectivity index (χ4v) is 2.94. The molecule has 1 aliphatic rings. The first kappa shape index (κ1) is 16.2. The molecule has 0 spiro atoms. The van der Waals surface area contributed by atoms with E-state index < -0.39 is 5.97 Å². The highest BCUT2D eigenvalue weighted by molar-refractivity contribution is 5.87. The molecule has 1 aliphatic heterocycles. The first-order chi connectivity index (χ1) is 11.5. The van der Waals surface area contributed by atoms with Crippen LogP contribution in [0.25, 0.3) is 0 Å². The molecule has 2 heterocycles. The number of carbonyl (C=O) groups is 2. The van der Waals surface area contributed by atoms with Crippen LogP contribution in [-0.4, -0.2) is 45.1 Å². The van der Waals surface area contributed by atoms with E-state index in [1.54, 1.807) is 19.1 Å². The Kier molecular flexibility index (Phi) is 4.59. The number of rotatable bonds is 4. The molecule has 7 heteroatoms. The summed E-state index contributed by atoms with van der Waals surface area (Å²) in [4.78, 5) is 29.5.